The molecule has 1 amide bonds. The van der Waals surface area contributed by atoms with Crippen molar-refractivity contribution in [2.75, 3.05) is 24.2 Å². The highest BCUT2D eigenvalue weighted by atomic mass is 32.2. The Balaban J connectivity index is 2.08. The van der Waals surface area contributed by atoms with Crippen molar-refractivity contribution < 1.29 is 27.7 Å². The second-order valence-electron chi connectivity index (χ2n) is 5.95. The molecule has 0 aliphatic carbocycles. The van der Waals surface area contributed by atoms with Crippen molar-refractivity contribution in [1.82, 2.24) is 5.43 Å². The molecule has 0 radical (unpaired) electrons. The number of sulfonamides is 1. The van der Waals surface area contributed by atoms with E-state index in [-0.39, 0.29) is 11.4 Å². The molecule has 0 fully saturated rings. The van der Waals surface area contributed by atoms with E-state index in [1.54, 1.807) is 12.1 Å². The molecule has 0 unspecified atom stereocenters. The minimum atomic E-state index is -3.89. The van der Waals surface area contributed by atoms with Crippen molar-refractivity contribution in [3.63, 3.8) is 0 Å². The van der Waals surface area contributed by atoms with Gasteiger partial charge in [-0.05, 0) is 23.8 Å². The number of hydrogen-bond acceptors (Lipinski definition) is 8. The van der Waals surface area contributed by atoms with Gasteiger partial charge in [-0.1, -0.05) is 18.2 Å². The third-order valence-corrected chi connectivity index (χ3v) is 4.89. The summed E-state index contributed by atoms with van der Waals surface area (Å²) in [5, 5.41) is 14.7. The van der Waals surface area contributed by atoms with E-state index in [4.69, 9.17) is 0 Å². The second-order valence-corrected chi connectivity index (χ2v) is 7.86. The predicted octanol–water partition coefficient (Wildman–Crippen LogP) is 1.30. The van der Waals surface area contributed by atoms with Crippen LogP contribution in [0, 0.1) is 10.1 Å². The number of amides is 1. The van der Waals surface area contributed by atoms with Crippen LogP contribution in [0.15, 0.2) is 53.6 Å². The standard InChI is InChI=1S/C18H18N4O7S/c1-29-18(24)14-8-6-13(7-9-14)11-19-20-17(23)12-21(30(2,27)28)15-4-3-5-16(10-15)22(25)26/h3-11H,12H2,1-2H3,(H,20,23)/b19-11-. The van der Waals surface area contributed by atoms with Crippen LogP contribution < -0.4 is 9.73 Å². The average molecular weight is 434 g/mol. The quantitative estimate of drug-likeness (QED) is 0.285. The lowest BCUT2D eigenvalue weighted by atomic mass is 10.1. The predicted molar refractivity (Wildman–Crippen MR) is 109 cm³/mol. The maximum Gasteiger partial charge on any atom is 0.337 e. The number of carbonyl (C=O) groups is 2. The third kappa shape index (κ3) is 6.10. The van der Waals surface area contributed by atoms with Gasteiger partial charge >= 0.3 is 5.97 Å². The van der Waals surface area contributed by atoms with E-state index in [1.165, 1.54) is 43.7 Å². The number of nitrogens with zero attached hydrogens (tertiary/aromatic N) is 3. The van der Waals surface area contributed by atoms with Gasteiger partial charge in [-0.15, -0.1) is 0 Å². The largest absolute Gasteiger partial charge is 0.465 e. The van der Waals surface area contributed by atoms with Gasteiger partial charge in [0.25, 0.3) is 11.6 Å². The molecule has 0 spiro atoms. The first-order chi connectivity index (χ1) is 14.1. The molecule has 0 saturated heterocycles. The smallest absolute Gasteiger partial charge is 0.337 e. The molecule has 2 rings (SSSR count). The molecular weight excluding hydrogens is 416 g/mol. The Morgan fingerprint density at radius 1 is 1.23 bits per heavy atom. The van der Waals surface area contributed by atoms with Crippen LogP contribution in [-0.2, 0) is 19.6 Å². The number of esters is 1. The number of ether oxygens (including phenoxy) is 1. The summed E-state index contributed by atoms with van der Waals surface area (Å²) >= 11 is 0. The molecule has 2 aromatic rings. The highest BCUT2D eigenvalue weighted by Crippen LogP contribution is 2.22. The molecule has 0 atom stereocenters. The van der Waals surface area contributed by atoms with Gasteiger partial charge in [-0.25, -0.2) is 18.6 Å². The number of rotatable bonds is 8. The van der Waals surface area contributed by atoms with Crippen LogP contribution in [-0.4, -0.2) is 51.3 Å². The molecule has 0 aliphatic heterocycles. The topological polar surface area (TPSA) is 148 Å². The summed E-state index contributed by atoms with van der Waals surface area (Å²) in [6.07, 6.45) is 2.18. The fraction of sp³-hybridized carbons (Fsp3) is 0.167. The van der Waals surface area contributed by atoms with Crippen LogP contribution in [0.2, 0.25) is 0 Å². The van der Waals surface area contributed by atoms with Crippen molar-refractivity contribution in [2.24, 2.45) is 5.10 Å². The highest BCUT2D eigenvalue weighted by Gasteiger charge is 2.22. The first kappa shape index (κ1) is 22.5. The van der Waals surface area contributed by atoms with E-state index >= 15 is 0 Å². The maximum absolute atomic E-state index is 12.1. The number of carbonyl (C=O) groups excluding carboxylic acids is 2. The van der Waals surface area contributed by atoms with Crippen LogP contribution in [0.5, 0.6) is 0 Å². The summed E-state index contributed by atoms with van der Waals surface area (Å²) < 4.78 is 29.4. The lowest BCUT2D eigenvalue weighted by Crippen LogP contribution is -2.39. The first-order valence-corrected chi connectivity index (χ1v) is 10.2. The molecule has 158 valence electrons. The van der Waals surface area contributed by atoms with Crippen molar-refractivity contribution in [1.29, 1.82) is 0 Å². The molecule has 0 heterocycles. The Labute approximate surface area is 172 Å². The van der Waals surface area contributed by atoms with Crippen LogP contribution in [0.3, 0.4) is 0 Å². The minimum Gasteiger partial charge on any atom is -0.465 e. The number of nitro benzene ring substituents is 1. The number of anilines is 1. The van der Waals surface area contributed by atoms with E-state index < -0.39 is 33.4 Å². The molecular formula is C18H18N4O7S. The zero-order chi connectivity index (χ0) is 22.3. The van der Waals surface area contributed by atoms with Crippen molar-refractivity contribution in [3.05, 3.63) is 69.8 Å². The van der Waals surface area contributed by atoms with Crippen molar-refractivity contribution >= 4 is 39.5 Å². The molecule has 1 N–H and O–H groups in total. The van der Waals surface area contributed by atoms with E-state index in [2.05, 4.69) is 15.3 Å². The Morgan fingerprint density at radius 2 is 1.90 bits per heavy atom. The summed E-state index contributed by atoms with van der Waals surface area (Å²) in [6, 6.07) is 11.1. The molecule has 11 nitrogen and oxygen atoms in total. The van der Waals surface area contributed by atoms with E-state index in [0.29, 0.717) is 11.1 Å². The van der Waals surface area contributed by atoms with Gasteiger partial charge in [0.1, 0.15) is 6.54 Å². The average Bonchev–Trinajstić information content (AvgIpc) is 2.71. The summed E-state index contributed by atoms with van der Waals surface area (Å²) in [5.41, 5.74) is 2.77. The van der Waals surface area contributed by atoms with Gasteiger partial charge in [0.05, 0.1) is 35.8 Å². The van der Waals surface area contributed by atoms with Gasteiger partial charge in [-0.3, -0.25) is 19.2 Å². The number of benzene rings is 2. The number of methoxy groups -OCH3 is 1. The molecule has 0 saturated carbocycles. The van der Waals surface area contributed by atoms with E-state index in [1.807, 2.05) is 0 Å². The summed E-state index contributed by atoms with van der Waals surface area (Å²) in [6.45, 7) is -0.626. The zero-order valence-electron chi connectivity index (χ0n) is 16.0. The number of hydrazone groups is 1. The van der Waals surface area contributed by atoms with Gasteiger partial charge < -0.3 is 4.74 Å². The number of nitro groups is 1. The van der Waals surface area contributed by atoms with Gasteiger partial charge in [-0.2, -0.15) is 5.10 Å². The Hall–Kier alpha value is -3.80. The molecule has 0 bridgehead atoms. The number of hydrogen-bond donors (Lipinski definition) is 1. The number of non-ortho nitro benzene ring substituents is 1. The summed E-state index contributed by atoms with van der Waals surface area (Å²) in [7, 11) is -2.63. The molecule has 0 aromatic heterocycles. The minimum absolute atomic E-state index is 0.0239. The highest BCUT2D eigenvalue weighted by molar-refractivity contribution is 7.92. The van der Waals surface area contributed by atoms with Crippen LogP contribution in [0.1, 0.15) is 15.9 Å². The molecule has 12 heteroatoms. The van der Waals surface area contributed by atoms with Crippen LogP contribution in [0.4, 0.5) is 11.4 Å². The monoisotopic (exact) mass is 434 g/mol. The third-order valence-electron chi connectivity index (χ3n) is 3.75. The molecule has 2 aromatic carbocycles. The Morgan fingerprint density at radius 3 is 2.47 bits per heavy atom. The van der Waals surface area contributed by atoms with Gasteiger partial charge in [0.2, 0.25) is 10.0 Å². The lowest BCUT2D eigenvalue weighted by Gasteiger charge is -2.21. The van der Waals surface area contributed by atoms with Crippen molar-refractivity contribution in [3.8, 4) is 0 Å². The van der Waals surface area contributed by atoms with Crippen LogP contribution in [0.25, 0.3) is 0 Å². The molecule has 30 heavy (non-hydrogen) atoms. The first-order valence-electron chi connectivity index (χ1n) is 8.34. The van der Waals surface area contributed by atoms with E-state index in [0.717, 1.165) is 16.6 Å². The van der Waals surface area contributed by atoms with Gasteiger partial charge in [0.15, 0.2) is 0 Å². The van der Waals surface area contributed by atoms with Crippen molar-refractivity contribution in [2.45, 2.75) is 0 Å². The van der Waals surface area contributed by atoms with Gasteiger partial charge in [0, 0.05) is 12.1 Å². The normalized spacial score (nSPS) is 11.1. The summed E-state index contributed by atoms with van der Waals surface area (Å²) in [5.74, 6) is -1.25. The zero-order valence-corrected chi connectivity index (χ0v) is 16.8. The SMILES string of the molecule is COC(=O)c1ccc(/C=N\NC(=O)CN(c2cccc([N+](=O)[O-])c2)S(C)(=O)=O)cc1. The van der Waals surface area contributed by atoms with Crippen LogP contribution >= 0.6 is 0 Å². The second kappa shape index (κ2) is 9.60. The van der Waals surface area contributed by atoms with E-state index in [9.17, 15) is 28.1 Å². The number of nitrogens with one attached hydrogen (secondary N) is 1. The molecule has 0 aliphatic rings. The summed E-state index contributed by atoms with van der Waals surface area (Å²) in [4.78, 5) is 33.8. The fourth-order valence-electron chi connectivity index (χ4n) is 2.33. The maximum atomic E-state index is 12.1. The lowest BCUT2D eigenvalue weighted by molar-refractivity contribution is -0.384. The Bertz CT molecular complexity index is 1080. The fourth-order valence-corrected chi connectivity index (χ4v) is 3.18. The Kier molecular flexibility index (Phi) is 7.20.